The molecule has 0 spiro atoms. The minimum absolute atomic E-state index is 0.209. The van der Waals surface area contributed by atoms with Crippen molar-refractivity contribution in [1.29, 1.82) is 0 Å². The van der Waals surface area contributed by atoms with Gasteiger partial charge in [0.15, 0.2) is 0 Å². The summed E-state index contributed by atoms with van der Waals surface area (Å²) in [7, 11) is 0. The summed E-state index contributed by atoms with van der Waals surface area (Å²) in [6.07, 6.45) is -4.18. The van der Waals surface area contributed by atoms with E-state index in [1.54, 1.807) is 6.92 Å². The molecule has 2 unspecified atom stereocenters. The molecule has 0 rings (SSSR count). The Morgan fingerprint density at radius 1 is 1.36 bits per heavy atom. The van der Waals surface area contributed by atoms with Crippen molar-refractivity contribution in [2.24, 2.45) is 5.73 Å². The fourth-order valence-electron chi connectivity index (χ4n) is 0.589. The first kappa shape index (κ1) is 10.7. The first-order valence-corrected chi connectivity index (χ1v) is 3.40. The van der Waals surface area contributed by atoms with Crippen LogP contribution in [0.4, 0.5) is 13.2 Å². The summed E-state index contributed by atoms with van der Waals surface area (Å²) in [6.45, 7) is 2.90. The fourth-order valence-corrected chi connectivity index (χ4v) is 0.589. The van der Waals surface area contributed by atoms with Gasteiger partial charge in [-0.25, -0.2) is 0 Å². The number of nitrogens with one attached hydrogen (secondary N) is 1. The van der Waals surface area contributed by atoms with Crippen LogP contribution < -0.4 is 11.1 Å². The van der Waals surface area contributed by atoms with Gasteiger partial charge in [-0.05, 0) is 13.8 Å². The number of halogens is 3. The highest BCUT2D eigenvalue weighted by Gasteiger charge is 2.36. The molecule has 2 atom stereocenters. The second-order valence-electron chi connectivity index (χ2n) is 2.57. The van der Waals surface area contributed by atoms with E-state index in [1.807, 2.05) is 0 Å². The van der Waals surface area contributed by atoms with Crippen LogP contribution in [0.1, 0.15) is 13.8 Å². The van der Waals surface area contributed by atoms with Crippen LogP contribution in [0, 0.1) is 0 Å². The van der Waals surface area contributed by atoms with Crippen molar-refractivity contribution in [1.82, 2.24) is 5.32 Å². The average molecular weight is 170 g/mol. The highest BCUT2D eigenvalue weighted by Crippen LogP contribution is 2.19. The van der Waals surface area contributed by atoms with Crippen molar-refractivity contribution in [3.63, 3.8) is 0 Å². The smallest absolute Gasteiger partial charge is 0.329 e. The molecule has 11 heavy (non-hydrogen) atoms. The lowest BCUT2D eigenvalue weighted by molar-refractivity contribution is -0.152. The summed E-state index contributed by atoms with van der Waals surface area (Å²) in [6, 6.07) is -1.78. The molecule has 0 saturated carbocycles. The molecule has 0 fully saturated rings. The Kier molecular flexibility index (Phi) is 3.82. The van der Waals surface area contributed by atoms with Crippen LogP contribution in [-0.4, -0.2) is 24.8 Å². The maximum atomic E-state index is 11.8. The van der Waals surface area contributed by atoms with Gasteiger partial charge < -0.3 is 11.1 Å². The molecule has 0 aromatic heterocycles. The molecule has 0 aliphatic rings. The van der Waals surface area contributed by atoms with Crippen LogP contribution >= 0.6 is 0 Å². The van der Waals surface area contributed by atoms with Crippen molar-refractivity contribution < 1.29 is 13.2 Å². The second kappa shape index (κ2) is 3.92. The normalized spacial score (nSPS) is 18.0. The molecule has 68 valence electrons. The van der Waals surface area contributed by atoms with Gasteiger partial charge in [0, 0.05) is 12.6 Å². The SMILES string of the molecule is CC(CN)NC(C)C(F)(F)F. The quantitative estimate of drug-likeness (QED) is 0.659. The number of hydrogen-bond acceptors (Lipinski definition) is 2. The van der Waals surface area contributed by atoms with E-state index in [0.717, 1.165) is 6.92 Å². The van der Waals surface area contributed by atoms with Gasteiger partial charge in [0.1, 0.15) is 6.04 Å². The van der Waals surface area contributed by atoms with Gasteiger partial charge in [-0.2, -0.15) is 13.2 Å². The molecule has 0 aromatic rings. The van der Waals surface area contributed by atoms with Crippen molar-refractivity contribution >= 4 is 0 Å². The van der Waals surface area contributed by atoms with Crippen molar-refractivity contribution in [2.45, 2.75) is 32.1 Å². The number of rotatable bonds is 3. The number of hydrogen-bond donors (Lipinski definition) is 2. The Morgan fingerprint density at radius 2 is 1.82 bits per heavy atom. The van der Waals surface area contributed by atoms with E-state index in [1.165, 1.54) is 0 Å². The lowest BCUT2D eigenvalue weighted by Gasteiger charge is -2.20. The van der Waals surface area contributed by atoms with E-state index in [2.05, 4.69) is 5.32 Å². The van der Waals surface area contributed by atoms with Crippen molar-refractivity contribution in [3.05, 3.63) is 0 Å². The molecular formula is C6H13F3N2. The molecule has 0 amide bonds. The topological polar surface area (TPSA) is 38.0 Å². The lowest BCUT2D eigenvalue weighted by atomic mass is 10.2. The van der Waals surface area contributed by atoms with E-state index >= 15 is 0 Å². The Hall–Kier alpha value is -0.290. The molecule has 0 aromatic carbocycles. The predicted octanol–water partition coefficient (Wildman–Crippen LogP) is 0.874. The van der Waals surface area contributed by atoms with Crippen LogP contribution in [0.15, 0.2) is 0 Å². The summed E-state index contributed by atoms with van der Waals surface area (Å²) in [5.41, 5.74) is 5.13. The fraction of sp³-hybridized carbons (Fsp3) is 1.00. The molecule has 0 heterocycles. The zero-order chi connectivity index (χ0) is 9.07. The van der Waals surface area contributed by atoms with Crippen LogP contribution in [0.5, 0.6) is 0 Å². The Bertz CT molecular complexity index is 113. The van der Waals surface area contributed by atoms with E-state index in [9.17, 15) is 13.2 Å². The summed E-state index contributed by atoms with van der Waals surface area (Å²) in [5.74, 6) is 0. The zero-order valence-corrected chi connectivity index (χ0v) is 6.57. The van der Waals surface area contributed by atoms with E-state index in [4.69, 9.17) is 5.73 Å². The second-order valence-corrected chi connectivity index (χ2v) is 2.57. The van der Waals surface area contributed by atoms with Crippen molar-refractivity contribution in [3.8, 4) is 0 Å². The lowest BCUT2D eigenvalue weighted by Crippen LogP contribution is -2.46. The van der Waals surface area contributed by atoms with E-state index in [-0.39, 0.29) is 12.6 Å². The molecule has 0 saturated heterocycles. The van der Waals surface area contributed by atoms with Crippen LogP contribution in [-0.2, 0) is 0 Å². The molecule has 0 radical (unpaired) electrons. The maximum absolute atomic E-state index is 11.8. The van der Waals surface area contributed by atoms with Gasteiger partial charge in [-0.15, -0.1) is 0 Å². The third-order valence-corrected chi connectivity index (χ3v) is 1.38. The molecule has 2 nitrogen and oxygen atoms in total. The van der Waals surface area contributed by atoms with Crippen LogP contribution in [0.25, 0.3) is 0 Å². The third-order valence-electron chi connectivity index (χ3n) is 1.38. The number of alkyl halides is 3. The summed E-state index contributed by atoms with van der Waals surface area (Å²) >= 11 is 0. The van der Waals surface area contributed by atoms with E-state index in [0.29, 0.717) is 0 Å². The molecule has 0 bridgehead atoms. The first-order chi connectivity index (χ1) is 4.88. The Balaban J connectivity index is 3.77. The highest BCUT2D eigenvalue weighted by molar-refractivity contribution is 4.73. The monoisotopic (exact) mass is 170 g/mol. The Labute approximate surface area is 64.0 Å². The maximum Gasteiger partial charge on any atom is 0.403 e. The van der Waals surface area contributed by atoms with Crippen molar-refractivity contribution in [2.75, 3.05) is 6.54 Å². The van der Waals surface area contributed by atoms with Gasteiger partial charge in [-0.1, -0.05) is 0 Å². The molecular weight excluding hydrogens is 157 g/mol. The number of nitrogens with two attached hydrogens (primary N) is 1. The minimum Gasteiger partial charge on any atom is -0.329 e. The summed E-state index contributed by atoms with van der Waals surface area (Å²) < 4.78 is 35.5. The molecule has 0 aliphatic heterocycles. The zero-order valence-electron chi connectivity index (χ0n) is 6.57. The largest absolute Gasteiger partial charge is 0.403 e. The van der Waals surface area contributed by atoms with Gasteiger partial charge in [0.25, 0.3) is 0 Å². The Morgan fingerprint density at radius 3 is 2.09 bits per heavy atom. The molecule has 0 aliphatic carbocycles. The molecule has 3 N–H and O–H groups in total. The minimum atomic E-state index is -4.18. The summed E-state index contributed by atoms with van der Waals surface area (Å²) in [5, 5.41) is 2.32. The standard InChI is InChI=1S/C6H13F3N2/c1-4(3-10)11-5(2)6(7,8)9/h4-5,11H,3,10H2,1-2H3. The summed E-state index contributed by atoms with van der Waals surface area (Å²) in [4.78, 5) is 0. The highest BCUT2D eigenvalue weighted by atomic mass is 19.4. The van der Waals surface area contributed by atoms with Crippen LogP contribution in [0.3, 0.4) is 0 Å². The van der Waals surface area contributed by atoms with Gasteiger partial charge in [0.2, 0.25) is 0 Å². The van der Waals surface area contributed by atoms with Gasteiger partial charge in [-0.3, -0.25) is 0 Å². The average Bonchev–Trinajstić information content (AvgIpc) is 1.85. The van der Waals surface area contributed by atoms with Crippen LogP contribution in [0.2, 0.25) is 0 Å². The third kappa shape index (κ3) is 4.21. The molecule has 5 heteroatoms. The van der Waals surface area contributed by atoms with Gasteiger partial charge in [0.05, 0.1) is 0 Å². The van der Waals surface area contributed by atoms with E-state index < -0.39 is 12.2 Å². The predicted molar refractivity (Wildman–Crippen MR) is 37.2 cm³/mol. The van der Waals surface area contributed by atoms with Gasteiger partial charge >= 0.3 is 6.18 Å². The first-order valence-electron chi connectivity index (χ1n) is 3.40.